The lowest BCUT2D eigenvalue weighted by molar-refractivity contribution is -0.128. The Bertz CT molecular complexity index is 933. The van der Waals surface area contributed by atoms with Crippen molar-refractivity contribution in [3.63, 3.8) is 0 Å². The van der Waals surface area contributed by atoms with Crippen LogP contribution in [-0.4, -0.2) is 61.4 Å². The Hall–Kier alpha value is -3.02. The normalized spacial score (nSPS) is 17.4. The van der Waals surface area contributed by atoms with Gasteiger partial charge < -0.3 is 20.0 Å². The van der Waals surface area contributed by atoms with Crippen LogP contribution in [0.15, 0.2) is 53.5 Å². The molecule has 164 valence electrons. The van der Waals surface area contributed by atoms with Crippen LogP contribution in [0.3, 0.4) is 0 Å². The first-order valence-electron chi connectivity index (χ1n) is 11.3. The van der Waals surface area contributed by atoms with E-state index < -0.39 is 0 Å². The van der Waals surface area contributed by atoms with E-state index in [1.807, 2.05) is 11.9 Å². The first-order chi connectivity index (χ1) is 15.1. The van der Waals surface area contributed by atoms with Crippen molar-refractivity contribution in [1.82, 2.24) is 15.1 Å². The molecule has 0 unspecified atom stereocenters. The number of carbonyl (C=O) groups is 1. The number of benzene rings is 2. The number of aliphatic imine (C=N–C) groups is 1. The number of anilines is 1. The van der Waals surface area contributed by atoms with E-state index in [1.165, 1.54) is 22.4 Å². The van der Waals surface area contributed by atoms with Crippen LogP contribution in [0.5, 0.6) is 0 Å². The van der Waals surface area contributed by atoms with E-state index in [4.69, 9.17) is 0 Å². The number of guanidine groups is 1. The molecule has 2 heterocycles. The minimum Gasteiger partial charge on any atom is -0.368 e. The number of amides is 1. The maximum atomic E-state index is 11.9. The summed E-state index contributed by atoms with van der Waals surface area (Å²) in [5, 5.41) is 3.53. The zero-order valence-electron chi connectivity index (χ0n) is 18.7. The number of carbonyl (C=O) groups excluding carboxylic acids is 1. The third-order valence-electron chi connectivity index (χ3n) is 6.14. The van der Waals surface area contributed by atoms with Gasteiger partial charge in [0.1, 0.15) is 0 Å². The van der Waals surface area contributed by atoms with Crippen molar-refractivity contribution in [1.29, 1.82) is 0 Å². The SMILES string of the molecule is CN=C(NCc1cccc(CN2CCCC2=O)c1)N1CCN(c2cccc(C)c2)CC1. The summed E-state index contributed by atoms with van der Waals surface area (Å²) >= 11 is 0. The predicted molar refractivity (Wildman–Crippen MR) is 126 cm³/mol. The van der Waals surface area contributed by atoms with E-state index in [2.05, 4.69) is 75.6 Å². The number of rotatable bonds is 5. The van der Waals surface area contributed by atoms with Gasteiger partial charge in [-0.25, -0.2) is 0 Å². The Morgan fingerprint density at radius 3 is 2.48 bits per heavy atom. The molecule has 0 aliphatic carbocycles. The standard InChI is InChI=1S/C25H33N5O/c1-20-6-3-9-23(16-20)28-12-14-29(15-13-28)25(26-2)27-18-21-7-4-8-22(17-21)19-30-11-5-10-24(30)31/h3-4,6-9,16-17H,5,10-15,18-19H2,1-2H3,(H,26,27). The van der Waals surface area contributed by atoms with Crippen LogP contribution in [0.4, 0.5) is 5.69 Å². The van der Waals surface area contributed by atoms with Gasteiger partial charge in [-0.2, -0.15) is 0 Å². The number of likely N-dealkylation sites (tertiary alicyclic amines) is 1. The second kappa shape index (κ2) is 9.86. The average Bonchev–Trinajstić information content (AvgIpc) is 3.19. The maximum absolute atomic E-state index is 11.9. The summed E-state index contributed by atoms with van der Waals surface area (Å²) in [6, 6.07) is 17.2. The Morgan fingerprint density at radius 1 is 1.00 bits per heavy atom. The van der Waals surface area contributed by atoms with Crippen LogP contribution >= 0.6 is 0 Å². The van der Waals surface area contributed by atoms with E-state index in [0.717, 1.165) is 51.6 Å². The highest BCUT2D eigenvalue weighted by atomic mass is 16.2. The molecule has 2 fully saturated rings. The number of hydrogen-bond acceptors (Lipinski definition) is 3. The zero-order valence-corrected chi connectivity index (χ0v) is 18.7. The van der Waals surface area contributed by atoms with Crippen LogP contribution in [0.2, 0.25) is 0 Å². The molecule has 31 heavy (non-hydrogen) atoms. The summed E-state index contributed by atoms with van der Waals surface area (Å²) in [6.45, 7) is 8.34. The molecule has 6 nitrogen and oxygen atoms in total. The van der Waals surface area contributed by atoms with E-state index in [-0.39, 0.29) is 5.91 Å². The fraction of sp³-hybridized carbons (Fsp3) is 0.440. The molecule has 0 aromatic heterocycles. The van der Waals surface area contributed by atoms with Gasteiger partial charge >= 0.3 is 0 Å². The molecular weight excluding hydrogens is 386 g/mol. The molecule has 0 bridgehead atoms. The molecule has 0 saturated carbocycles. The third kappa shape index (κ3) is 5.37. The van der Waals surface area contributed by atoms with Gasteiger partial charge in [-0.15, -0.1) is 0 Å². The van der Waals surface area contributed by atoms with Gasteiger partial charge in [-0.3, -0.25) is 9.79 Å². The second-order valence-electron chi connectivity index (χ2n) is 8.45. The van der Waals surface area contributed by atoms with Crippen molar-refractivity contribution >= 4 is 17.6 Å². The van der Waals surface area contributed by atoms with Crippen molar-refractivity contribution in [3.8, 4) is 0 Å². The molecule has 0 atom stereocenters. The molecule has 2 aromatic rings. The molecule has 0 radical (unpaired) electrons. The Kier molecular flexibility index (Phi) is 6.75. The van der Waals surface area contributed by atoms with Crippen LogP contribution in [0.25, 0.3) is 0 Å². The third-order valence-corrected chi connectivity index (χ3v) is 6.14. The summed E-state index contributed by atoms with van der Waals surface area (Å²) in [7, 11) is 1.85. The fourth-order valence-corrected chi connectivity index (χ4v) is 4.44. The molecule has 1 N–H and O–H groups in total. The molecule has 1 amide bonds. The average molecular weight is 420 g/mol. The highest BCUT2D eigenvalue weighted by Crippen LogP contribution is 2.18. The van der Waals surface area contributed by atoms with Gasteiger partial charge in [0, 0.05) is 65.0 Å². The van der Waals surface area contributed by atoms with Crippen molar-refractivity contribution < 1.29 is 4.79 Å². The number of aryl methyl sites for hydroxylation is 1. The molecule has 2 aromatic carbocycles. The lowest BCUT2D eigenvalue weighted by atomic mass is 10.1. The summed E-state index contributed by atoms with van der Waals surface area (Å²) in [5.41, 5.74) is 5.00. The highest BCUT2D eigenvalue weighted by molar-refractivity contribution is 5.80. The maximum Gasteiger partial charge on any atom is 0.222 e. The number of nitrogens with one attached hydrogen (secondary N) is 1. The van der Waals surface area contributed by atoms with E-state index in [1.54, 1.807) is 0 Å². The van der Waals surface area contributed by atoms with E-state index in [9.17, 15) is 4.79 Å². The Morgan fingerprint density at radius 2 is 1.77 bits per heavy atom. The van der Waals surface area contributed by atoms with Crippen LogP contribution < -0.4 is 10.2 Å². The van der Waals surface area contributed by atoms with Crippen LogP contribution in [0, 0.1) is 6.92 Å². The molecule has 2 aliphatic heterocycles. The lowest BCUT2D eigenvalue weighted by Crippen LogP contribution is -2.52. The zero-order chi connectivity index (χ0) is 21.6. The van der Waals surface area contributed by atoms with Crippen molar-refractivity contribution in [2.24, 2.45) is 4.99 Å². The minimum absolute atomic E-state index is 0.272. The summed E-state index contributed by atoms with van der Waals surface area (Å²) in [6.07, 6.45) is 1.67. The summed E-state index contributed by atoms with van der Waals surface area (Å²) < 4.78 is 0. The molecule has 0 spiro atoms. The first-order valence-corrected chi connectivity index (χ1v) is 11.3. The van der Waals surface area contributed by atoms with Crippen molar-refractivity contribution in [2.75, 3.05) is 44.7 Å². The van der Waals surface area contributed by atoms with E-state index in [0.29, 0.717) is 13.0 Å². The van der Waals surface area contributed by atoms with Crippen LogP contribution in [-0.2, 0) is 17.9 Å². The van der Waals surface area contributed by atoms with Gasteiger partial charge in [0.2, 0.25) is 5.91 Å². The highest BCUT2D eigenvalue weighted by Gasteiger charge is 2.21. The Labute approximate surface area is 185 Å². The van der Waals surface area contributed by atoms with Crippen molar-refractivity contribution in [3.05, 3.63) is 65.2 Å². The minimum atomic E-state index is 0.272. The Balaban J connectivity index is 1.30. The lowest BCUT2D eigenvalue weighted by Gasteiger charge is -2.37. The number of nitrogens with zero attached hydrogens (tertiary/aromatic N) is 4. The van der Waals surface area contributed by atoms with Gasteiger partial charge in [-0.05, 0) is 42.2 Å². The summed E-state index contributed by atoms with van der Waals surface area (Å²) in [4.78, 5) is 23.2. The fourth-order valence-electron chi connectivity index (χ4n) is 4.44. The van der Waals surface area contributed by atoms with Gasteiger partial charge in [0.25, 0.3) is 0 Å². The largest absolute Gasteiger partial charge is 0.368 e. The topological polar surface area (TPSA) is 51.2 Å². The predicted octanol–water partition coefficient (Wildman–Crippen LogP) is 3.02. The molecule has 6 heteroatoms. The van der Waals surface area contributed by atoms with Gasteiger partial charge in [0.05, 0.1) is 0 Å². The number of hydrogen-bond donors (Lipinski definition) is 1. The molecular formula is C25H33N5O. The van der Waals surface area contributed by atoms with Gasteiger partial charge in [-0.1, -0.05) is 36.4 Å². The quantitative estimate of drug-likeness (QED) is 0.598. The molecule has 4 rings (SSSR count). The van der Waals surface area contributed by atoms with E-state index >= 15 is 0 Å². The smallest absolute Gasteiger partial charge is 0.222 e. The second-order valence-corrected chi connectivity index (χ2v) is 8.45. The van der Waals surface area contributed by atoms with Crippen molar-refractivity contribution in [2.45, 2.75) is 32.9 Å². The first kappa shape index (κ1) is 21.2. The molecule has 2 aliphatic rings. The van der Waals surface area contributed by atoms with Gasteiger partial charge in [0.15, 0.2) is 5.96 Å². The molecule has 2 saturated heterocycles. The number of piperazine rings is 1. The van der Waals surface area contributed by atoms with Crippen LogP contribution in [0.1, 0.15) is 29.5 Å². The summed E-state index contributed by atoms with van der Waals surface area (Å²) in [5.74, 6) is 1.22. The monoisotopic (exact) mass is 419 g/mol.